The van der Waals surface area contributed by atoms with Gasteiger partial charge in [-0.3, -0.25) is 4.79 Å². The lowest BCUT2D eigenvalue weighted by Crippen LogP contribution is -2.32. The Morgan fingerprint density at radius 1 is 1.11 bits per heavy atom. The van der Waals surface area contributed by atoms with E-state index in [2.05, 4.69) is 17.3 Å². The molecule has 1 saturated heterocycles. The zero-order valence-electron chi connectivity index (χ0n) is 21.6. The molecule has 1 aliphatic carbocycles. The third-order valence-corrected chi connectivity index (χ3v) is 8.83. The highest BCUT2D eigenvalue weighted by molar-refractivity contribution is 7.89. The molecule has 2 aromatic carbocycles. The van der Waals surface area contributed by atoms with Crippen molar-refractivity contribution >= 4 is 21.6 Å². The van der Waals surface area contributed by atoms with E-state index in [1.54, 1.807) is 30.0 Å². The van der Waals surface area contributed by atoms with Crippen molar-refractivity contribution in [2.24, 2.45) is 0 Å². The number of rotatable bonds is 11. The number of aromatic nitrogens is 1. The van der Waals surface area contributed by atoms with Crippen LogP contribution in [0.2, 0.25) is 0 Å². The summed E-state index contributed by atoms with van der Waals surface area (Å²) in [5, 5.41) is 3.54. The summed E-state index contributed by atoms with van der Waals surface area (Å²) in [6.45, 7) is 2.26. The van der Waals surface area contributed by atoms with Gasteiger partial charge in [0.25, 0.3) is 5.91 Å². The van der Waals surface area contributed by atoms with Crippen molar-refractivity contribution in [1.29, 1.82) is 0 Å². The minimum atomic E-state index is -3.74. The van der Waals surface area contributed by atoms with Gasteiger partial charge in [0.05, 0.1) is 13.3 Å². The first kappa shape index (κ1) is 26.1. The summed E-state index contributed by atoms with van der Waals surface area (Å²) in [6.07, 6.45) is 3.70. The number of benzene rings is 2. The van der Waals surface area contributed by atoms with E-state index in [0.29, 0.717) is 41.8 Å². The number of hydrogen-bond acceptors (Lipinski definition) is 8. The monoisotopic (exact) mass is 541 g/mol. The molecule has 1 saturated carbocycles. The average Bonchev–Trinajstić information content (AvgIpc) is 3.58. The fraction of sp³-hybridized carbons (Fsp3) is 0.407. The molecule has 1 atom stereocenters. The van der Waals surface area contributed by atoms with Crippen LogP contribution in [0.15, 0.2) is 58.1 Å². The maximum Gasteiger partial charge on any atom is 0.268 e. The lowest BCUT2D eigenvalue weighted by atomic mass is 10.1. The number of carbonyl (C=O) groups is 1. The maximum atomic E-state index is 13.1. The molecule has 5 rings (SSSR count). The van der Waals surface area contributed by atoms with Crippen LogP contribution in [0.25, 0.3) is 0 Å². The Bertz CT molecular complexity index is 1400. The Hall–Kier alpha value is -3.57. The number of carbonyl (C=O) groups excluding carboxylic acids is 1. The topological polar surface area (TPSA) is 111 Å². The zero-order valence-corrected chi connectivity index (χ0v) is 22.4. The Balaban J connectivity index is 1.18. The van der Waals surface area contributed by atoms with E-state index in [9.17, 15) is 13.2 Å². The smallest absolute Gasteiger partial charge is 0.268 e. The largest absolute Gasteiger partial charge is 0.493 e. The molecule has 0 spiro atoms. The zero-order chi connectivity index (χ0) is 26.9. The number of methoxy groups -OCH3 is 1. The number of nitrogens with zero attached hydrogens (tertiary/aromatic N) is 3. The number of hydrogen-bond donors (Lipinski definition) is 0. The van der Waals surface area contributed by atoms with Crippen molar-refractivity contribution in [2.45, 2.75) is 43.1 Å². The highest BCUT2D eigenvalue weighted by atomic mass is 32.2. The Kier molecular flexibility index (Phi) is 7.31. The minimum Gasteiger partial charge on any atom is -0.493 e. The summed E-state index contributed by atoms with van der Waals surface area (Å²) < 4.78 is 48.7. The number of amides is 1. The molecule has 2 aliphatic rings. The summed E-state index contributed by atoms with van der Waals surface area (Å²) >= 11 is 0. The lowest BCUT2D eigenvalue weighted by Gasteiger charge is -2.20. The van der Waals surface area contributed by atoms with Crippen LogP contribution in [0.4, 0.5) is 5.69 Å². The van der Waals surface area contributed by atoms with Crippen LogP contribution < -0.4 is 19.1 Å². The van der Waals surface area contributed by atoms with Crippen LogP contribution in [0.3, 0.4) is 0 Å². The number of anilines is 1. The average molecular weight is 542 g/mol. The predicted molar refractivity (Wildman–Crippen MR) is 139 cm³/mol. The van der Waals surface area contributed by atoms with E-state index >= 15 is 0 Å². The van der Waals surface area contributed by atoms with Crippen LogP contribution in [-0.4, -0.2) is 63.7 Å². The van der Waals surface area contributed by atoms with Gasteiger partial charge in [-0.25, -0.2) is 8.42 Å². The standard InChI is InChI=1S/C27H31N3O7S/c1-18-26(17-28-37-18)38(32,33)29(2)14-15-35-23-11-8-21(16-25(23)34-3)30-13-12-24(27(30)31)36-22-9-6-20(7-10-22)19-4-5-19/h6-11,16-17,19,24H,4-5,12-15H2,1-3H3/t24-/m0/s1. The van der Waals surface area contributed by atoms with Crippen LogP contribution in [0, 0.1) is 6.92 Å². The molecule has 2 fully saturated rings. The number of ether oxygens (including phenoxy) is 3. The molecule has 1 aliphatic heterocycles. The number of aryl methyl sites for hydroxylation is 1. The van der Waals surface area contributed by atoms with Gasteiger partial charge in [-0.15, -0.1) is 0 Å². The third kappa shape index (κ3) is 5.34. The summed E-state index contributed by atoms with van der Waals surface area (Å²) in [6, 6.07) is 13.3. The van der Waals surface area contributed by atoms with Crippen molar-refractivity contribution < 1.29 is 31.9 Å². The maximum absolute atomic E-state index is 13.1. The summed E-state index contributed by atoms with van der Waals surface area (Å²) in [7, 11) is -0.765. The minimum absolute atomic E-state index is 0.0229. The van der Waals surface area contributed by atoms with Crippen molar-refractivity contribution in [3.05, 3.63) is 60.0 Å². The summed E-state index contributed by atoms with van der Waals surface area (Å²) in [5.41, 5.74) is 2.00. The van der Waals surface area contributed by atoms with Crippen molar-refractivity contribution in [2.75, 3.05) is 38.8 Å². The highest BCUT2D eigenvalue weighted by Gasteiger charge is 2.35. The van der Waals surface area contributed by atoms with Gasteiger partial charge in [0.2, 0.25) is 10.0 Å². The number of sulfonamides is 1. The SMILES string of the molecule is COc1cc(N2CC[C@H](Oc3ccc(C4CC4)cc3)C2=O)ccc1OCCN(C)S(=O)(=O)c1cnoc1C. The molecule has 11 heteroatoms. The predicted octanol–water partition coefficient (Wildman–Crippen LogP) is 3.75. The Labute approximate surface area is 222 Å². The van der Waals surface area contributed by atoms with Gasteiger partial charge in [-0.2, -0.15) is 4.31 Å². The molecule has 202 valence electrons. The first-order chi connectivity index (χ1) is 18.3. The Morgan fingerprint density at radius 2 is 1.87 bits per heavy atom. The fourth-order valence-corrected chi connectivity index (χ4v) is 5.70. The molecule has 0 bridgehead atoms. The van der Waals surface area contributed by atoms with Crippen molar-refractivity contribution in [1.82, 2.24) is 9.46 Å². The molecule has 38 heavy (non-hydrogen) atoms. The summed E-state index contributed by atoms with van der Waals surface area (Å²) in [5.74, 6) is 2.37. The molecule has 0 unspecified atom stereocenters. The van der Waals surface area contributed by atoms with Crippen molar-refractivity contribution in [3.63, 3.8) is 0 Å². The molecule has 0 radical (unpaired) electrons. The van der Waals surface area contributed by atoms with E-state index in [1.165, 1.54) is 43.1 Å². The van der Waals surface area contributed by atoms with E-state index in [-0.39, 0.29) is 29.7 Å². The van der Waals surface area contributed by atoms with E-state index in [4.69, 9.17) is 18.7 Å². The van der Waals surface area contributed by atoms with Crippen molar-refractivity contribution in [3.8, 4) is 17.2 Å². The third-order valence-electron chi connectivity index (χ3n) is 6.88. The molecule has 1 amide bonds. The van der Waals surface area contributed by atoms with Gasteiger partial charge in [0.15, 0.2) is 23.4 Å². The van der Waals surface area contributed by atoms with Gasteiger partial charge in [0, 0.05) is 38.3 Å². The summed E-state index contributed by atoms with van der Waals surface area (Å²) in [4.78, 5) is 14.8. The molecule has 10 nitrogen and oxygen atoms in total. The van der Waals surface area contributed by atoms with Gasteiger partial charge in [-0.1, -0.05) is 17.3 Å². The molecule has 2 heterocycles. The first-order valence-corrected chi connectivity index (χ1v) is 14.0. The molecule has 0 N–H and O–H groups in total. The second kappa shape index (κ2) is 10.7. The molecule has 1 aromatic heterocycles. The van der Waals surface area contributed by atoms with Gasteiger partial charge in [-0.05, 0) is 55.5 Å². The Morgan fingerprint density at radius 3 is 2.53 bits per heavy atom. The van der Waals surface area contributed by atoms with Crippen LogP contribution in [-0.2, 0) is 14.8 Å². The van der Waals surface area contributed by atoms with Gasteiger partial charge in [0.1, 0.15) is 17.3 Å². The van der Waals surface area contributed by atoms with Gasteiger partial charge < -0.3 is 23.6 Å². The van der Waals surface area contributed by atoms with E-state index in [0.717, 1.165) is 0 Å². The van der Waals surface area contributed by atoms with Gasteiger partial charge >= 0.3 is 0 Å². The second-order valence-electron chi connectivity index (χ2n) is 9.48. The first-order valence-electron chi connectivity index (χ1n) is 12.5. The fourth-order valence-electron chi connectivity index (χ4n) is 4.47. The van der Waals surface area contributed by atoms with Crippen LogP contribution >= 0.6 is 0 Å². The molecule has 3 aromatic rings. The number of likely N-dealkylation sites (N-methyl/N-ethyl adjacent to an activating group) is 1. The normalized spacial score (nSPS) is 17.7. The van der Waals surface area contributed by atoms with Crippen LogP contribution in [0.5, 0.6) is 17.2 Å². The second-order valence-corrected chi connectivity index (χ2v) is 11.5. The van der Waals surface area contributed by atoms with E-state index in [1.807, 2.05) is 12.1 Å². The molecular weight excluding hydrogens is 510 g/mol. The molecular formula is C27H31N3O7S. The lowest BCUT2D eigenvalue weighted by molar-refractivity contribution is -0.122. The quantitative estimate of drug-likeness (QED) is 0.361. The van der Waals surface area contributed by atoms with Crippen LogP contribution in [0.1, 0.15) is 36.5 Å². The highest BCUT2D eigenvalue weighted by Crippen LogP contribution is 2.40. The van der Waals surface area contributed by atoms with E-state index < -0.39 is 16.1 Å².